The first kappa shape index (κ1) is 19.1. The minimum atomic E-state index is -0.0632. The molecule has 4 heteroatoms. The molecule has 0 saturated carbocycles. The van der Waals surface area contributed by atoms with Crippen molar-refractivity contribution in [1.29, 1.82) is 0 Å². The van der Waals surface area contributed by atoms with Gasteiger partial charge in [0.05, 0.1) is 0 Å². The van der Waals surface area contributed by atoms with Crippen molar-refractivity contribution in [3.05, 3.63) is 59.4 Å². The van der Waals surface area contributed by atoms with E-state index in [4.69, 9.17) is 4.74 Å². The Morgan fingerprint density at radius 3 is 2.41 bits per heavy atom. The van der Waals surface area contributed by atoms with Gasteiger partial charge in [-0.05, 0) is 81.4 Å². The highest BCUT2D eigenvalue weighted by molar-refractivity contribution is 5.45. The molecule has 0 radical (unpaired) electrons. The molecule has 2 saturated heterocycles. The van der Waals surface area contributed by atoms with Crippen LogP contribution in [0, 0.1) is 5.41 Å². The molecule has 154 valence electrons. The predicted molar refractivity (Wildman–Crippen MR) is 116 cm³/mol. The maximum absolute atomic E-state index is 6.31. The molecule has 0 aliphatic carbocycles. The molecule has 3 aliphatic heterocycles. The molecule has 2 aromatic rings. The first-order valence-electron chi connectivity index (χ1n) is 11.1. The molecule has 1 spiro atoms. The zero-order valence-corrected chi connectivity index (χ0v) is 17.9. The quantitative estimate of drug-likeness (QED) is 0.778. The Morgan fingerprint density at radius 1 is 0.931 bits per heavy atom. The van der Waals surface area contributed by atoms with E-state index in [-0.39, 0.29) is 5.60 Å². The van der Waals surface area contributed by atoms with E-state index in [1.807, 2.05) is 12.4 Å². The number of piperidine rings is 1. The van der Waals surface area contributed by atoms with Gasteiger partial charge in [0, 0.05) is 44.0 Å². The number of hydrogen-bond donors (Lipinski definition) is 0. The molecule has 1 aromatic heterocycles. The van der Waals surface area contributed by atoms with Gasteiger partial charge in [-0.25, -0.2) is 0 Å². The Kier molecular flexibility index (Phi) is 4.87. The average Bonchev–Trinajstić information content (AvgIpc) is 3.24. The van der Waals surface area contributed by atoms with E-state index in [0.29, 0.717) is 5.41 Å². The Morgan fingerprint density at radius 2 is 1.66 bits per heavy atom. The number of hydrogen-bond acceptors (Lipinski definition) is 4. The Bertz CT molecular complexity index is 856. The van der Waals surface area contributed by atoms with Crippen molar-refractivity contribution in [3.63, 3.8) is 0 Å². The number of likely N-dealkylation sites (tertiary alicyclic amines) is 2. The van der Waals surface area contributed by atoms with Crippen LogP contribution in [0.3, 0.4) is 0 Å². The number of ether oxygens (including phenoxy) is 1. The van der Waals surface area contributed by atoms with E-state index in [9.17, 15) is 0 Å². The van der Waals surface area contributed by atoms with Crippen LogP contribution in [-0.2, 0) is 19.5 Å². The lowest BCUT2D eigenvalue weighted by atomic mass is 9.77. The van der Waals surface area contributed by atoms with Crippen LogP contribution in [0.5, 0.6) is 5.75 Å². The largest absolute Gasteiger partial charge is 0.487 e. The molecule has 0 unspecified atom stereocenters. The second-order valence-corrected chi connectivity index (χ2v) is 10.0. The van der Waals surface area contributed by atoms with Gasteiger partial charge in [-0.3, -0.25) is 14.8 Å². The fourth-order valence-electron chi connectivity index (χ4n) is 5.55. The smallest absolute Gasteiger partial charge is 0.127 e. The van der Waals surface area contributed by atoms with Crippen molar-refractivity contribution in [2.24, 2.45) is 5.41 Å². The van der Waals surface area contributed by atoms with Crippen LogP contribution in [0.1, 0.15) is 49.8 Å². The number of aromatic nitrogens is 1. The number of para-hydroxylation sites is 1. The summed E-state index contributed by atoms with van der Waals surface area (Å²) in [6, 6.07) is 11.0. The van der Waals surface area contributed by atoms with Crippen molar-refractivity contribution >= 4 is 0 Å². The van der Waals surface area contributed by atoms with E-state index < -0.39 is 0 Å². The molecule has 5 rings (SSSR count). The summed E-state index contributed by atoms with van der Waals surface area (Å²) in [7, 11) is 0. The van der Waals surface area contributed by atoms with Crippen molar-refractivity contribution in [2.45, 2.75) is 58.2 Å². The van der Waals surface area contributed by atoms with Gasteiger partial charge in [0.1, 0.15) is 11.4 Å². The molecular weight excluding hydrogens is 358 g/mol. The minimum Gasteiger partial charge on any atom is -0.487 e. The maximum Gasteiger partial charge on any atom is 0.127 e. The monoisotopic (exact) mass is 391 g/mol. The first-order chi connectivity index (χ1) is 14.0. The fraction of sp³-hybridized carbons (Fsp3) is 0.560. The van der Waals surface area contributed by atoms with E-state index in [0.717, 1.165) is 25.3 Å². The molecule has 0 amide bonds. The third-order valence-corrected chi connectivity index (χ3v) is 7.16. The third-order valence-electron chi connectivity index (χ3n) is 7.16. The van der Waals surface area contributed by atoms with E-state index >= 15 is 0 Å². The summed E-state index contributed by atoms with van der Waals surface area (Å²) in [6.45, 7) is 11.4. The molecule has 2 fully saturated rings. The third kappa shape index (κ3) is 4.06. The summed E-state index contributed by atoms with van der Waals surface area (Å²) in [5.74, 6) is 1.16. The number of rotatable bonds is 4. The van der Waals surface area contributed by atoms with Gasteiger partial charge >= 0.3 is 0 Å². The number of nitrogens with zero attached hydrogens (tertiary/aromatic N) is 3. The lowest BCUT2D eigenvalue weighted by Gasteiger charge is -2.39. The van der Waals surface area contributed by atoms with Crippen molar-refractivity contribution in [2.75, 3.05) is 26.2 Å². The zero-order valence-electron chi connectivity index (χ0n) is 17.9. The molecule has 1 aromatic carbocycles. The SMILES string of the molecule is CC1(C)Cc2cccc(CN3CCC4(CCN(Cc5ccncc5)CC4)C3)c2O1. The van der Waals surface area contributed by atoms with Crippen LogP contribution in [0.2, 0.25) is 0 Å². The molecule has 29 heavy (non-hydrogen) atoms. The predicted octanol–water partition coefficient (Wildman–Crippen LogP) is 4.28. The summed E-state index contributed by atoms with van der Waals surface area (Å²) < 4.78 is 6.31. The normalized spacial score (nSPS) is 23.2. The number of pyridine rings is 1. The number of benzene rings is 1. The van der Waals surface area contributed by atoms with Gasteiger partial charge in [0.15, 0.2) is 0 Å². The Balaban J connectivity index is 1.18. The van der Waals surface area contributed by atoms with Gasteiger partial charge in [0.2, 0.25) is 0 Å². The summed E-state index contributed by atoms with van der Waals surface area (Å²) in [5, 5.41) is 0. The molecule has 0 atom stereocenters. The molecule has 0 N–H and O–H groups in total. The Labute approximate surface area is 174 Å². The van der Waals surface area contributed by atoms with E-state index in [1.165, 1.54) is 62.1 Å². The van der Waals surface area contributed by atoms with E-state index in [2.05, 4.69) is 59.0 Å². The minimum absolute atomic E-state index is 0.0632. The molecule has 0 bridgehead atoms. The van der Waals surface area contributed by atoms with Crippen molar-refractivity contribution in [3.8, 4) is 5.75 Å². The van der Waals surface area contributed by atoms with Crippen LogP contribution in [-0.4, -0.2) is 46.6 Å². The van der Waals surface area contributed by atoms with Crippen LogP contribution in [0.25, 0.3) is 0 Å². The van der Waals surface area contributed by atoms with Gasteiger partial charge < -0.3 is 4.74 Å². The van der Waals surface area contributed by atoms with Crippen LogP contribution in [0.4, 0.5) is 0 Å². The highest BCUT2D eigenvalue weighted by Crippen LogP contribution is 2.43. The zero-order chi connectivity index (χ0) is 19.9. The van der Waals surface area contributed by atoms with Crippen LogP contribution < -0.4 is 4.74 Å². The topological polar surface area (TPSA) is 28.6 Å². The number of fused-ring (bicyclic) bond motifs is 1. The fourth-order valence-corrected chi connectivity index (χ4v) is 5.55. The molecular formula is C25H33N3O. The second kappa shape index (κ2) is 7.41. The van der Waals surface area contributed by atoms with Gasteiger partial charge in [-0.1, -0.05) is 18.2 Å². The molecule has 3 aliphatic rings. The first-order valence-corrected chi connectivity index (χ1v) is 11.1. The summed E-state index contributed by atoms with van der Waals surface area (Å²) >= 11 is 0. The molecule has 4 heterocycles. The highest BCUT2D eigenvalue weighted by atomic mass is 16.5. The maximum atomic E-state index is 6.31. The highest BCUT2D eigenvalue weighted by Gasteiger charge is 2.41. The van der Waals surface area contributed by atoms with E-state index in [1.54, 1.807) is 0 Å². The average molecular weight is 392 g/mol. The van der Waals surface area contributed by atoms with Gasteiger partial charge in [0.25, 0.3) is 0 Å². The lowest BCUT2D eigenvalue weighted by molar-refractivity contribution is 0.101. The van der Waals surface area contributed by atoms with Crippen LogP contribution in [0.15, 0.2) is 42.7 Å². The lowest BCUT2D eigenvalue weighted by Crippen LogP contribution is -2.41. The van der Waals surface area contributed by atoms with Crippen LogP contribution >= 0.6 is 0 Å². The summed E-state index contributed by atoms with van der Waals surface area (Å²) in [5.41, 5.74) is 4.59. The van der Waals surface area contributed by atoms with Crippen molar-refractivity contribution in [1.82, 2.24) is 14.8 Å². The summed E-state index contributed by atoms with van der Waals surface area (Å²) in [4.78, 5) is 9.42. The summed E-state index contributed by atoms with van der Waals surface area (Å²) in [6.07, 6.45) is 8.82. The standard InChI is InChI=1S/C25H33N3O/c1-24(2)16-21-4-3-5-22(23(21)29-24)18-28-15-10-25(19-28)8-13-27(14-9-25)17-20-6-11-26-12-7-20/h3-7,11-12H,8-10,13-19H2,1-2H3. The van der Waals surface area contributed by atoms with Gasteiger partial charge in [-0.15, -0.1) is 0 Å². The molecule has 4 nitrogen and oxygen atoms in total. The second-order valence-electron chi connectivity index (χ2n) is 10.0. The van der Waals surface area contributed by atoms with Crippen molar-refractivity contribution < 1.29 is 4.74 Å². The van der Waals surface area contributed by atoms with Gasteiger partial charge in [-0.2, -0.15) is 0 Å². The Hall–Kier alpha value is -1.91.